The van der Waals surface area contributed by atoms with E-state index in [1.165, 1.54) is 12.4 Å². The van der Waals surface area contributed by atoms with Gasteiger partial charge in [-0.15, -0.1) is 0 Å². The zero-order chi connectivity index (χ0) is 38.5. The van der Waals surface area contributed by atoms with Gasteiger partial charge in [0.2, 0.25) is 38.6 Å². The lowest BCUT2D eigenvalue weighted by Gasteiger charge is -2.26. The number of nitrogens with one attached hydrogen (secondary N) is 4. The largest absolute Gasteiger partial charge is 0.411 e. The monoisotopic (exact) mass is 747 g/mol. The van der Waals surface area contributed by atoms with E-state index in [1.54, 1.807) is 13.8 Å². The number of amides is 4. The van der Waals surface area contributed by atoms with Gasteiger partial charge < -0.3 is 30.9 Å². The van der Waals surface area contributed by atoms with Crippen molar-refractivity contribution in [2.24, 2.45) is 5.92 Å². The molecule has 4 N–H and O–H groups in total. The van der Waals surface area contributed by atoms with E-state index in [9.17, 15) is 40.8 Å². The van der Waals surface area contributed by atoms with Gasteiger partial charge in [-0.3, -0.25) is 19.2 Å². The van der Waals surface area contributed by atoms with Crippen LogP contribution in [0.25, 0.3) is 0 Å². The Morgan fingerprint density at radius 1 is 0.922 bits per heavy atom. The number of carbonyl (C=O) groups excluding carboxylic acids is 4. The molecular formula is C33H52F3N7O7S. The smallest absolute Gasteiger partial charge is 0.352 e. The molecule has 1 heterocycles. The van der Waals surface area contributed by atoms with Crippen molar-refractivity contribution in [3.63, 3.8) is 0 Å². The first-order valence-corrected chi connectivity index (χ1v) is 18.9. The molecule has 14 nitrogen and oxygen atoms in total. The molecule has 0 saturated carbocycles. The molecule has 1 aromatic heterocycles. The van der Waals surface area contributed by atoms with Crippen molar-refractivity contribution >= 4 is 33.5 Å². The second-order valence-electron chi connectivity index (χ2n) is 12.3. The van der Waals surface area contributed by atoms with Gasteiger partial charge in [0.25, 0.3) is 0 Å². The van der Waals surface area contributed by atoms with Gasteiger partial charge in [0.05, 0.1) is 12.1 Å². The number of alkyl halides is 3. The molecular weight excluding hydrogens is 695 g/mol. The number of hydrogen-bond acceptors (Lipinski definition) is 10. The molecule has 4 amide bonds. The van der Waals surface area contributed by atoms with Gasteiger partial charge in [0.15, 0.2) is 0 Å². The van der Waals surface area contributed by atoms with Crippen LogP contribution in [0, 0.1) is 17.8 Å². The second-order valence-corrected chi connectivity index (χ2v) is 14.2. The van der Waals surface area contributed by atoms with Crippen LogP contribution in [0.5, 0.6) is 0 Å². The number of rotatable bonds is 23. The number of nitrogens with zero attached hydrogens (tertiary/aromatic N) is 3. The quantitative estimate of drug-likeness (QED) is 0.0559. The lowest BCUT2D eigenvalue weighted by molar-refractivity contribution is -0.176. The summed E-state index contributed by atoms with van der Waals surface area (Å²) >= 11 is 0. The maximum absolute atomic E-state index is 13.4. The van der Waals surface area contributed by atoms with Crippen LogP contribution in [-0.2, 0) is 33.8 Å². The van der Waals surface area contributed by atoms with Gasteiger partial charge >= 0.3 is 6.18 Å². The normalized spacial score (nSPS) is 12.8. The Hall–Kier alpha value is -3.82. The van der Waals surface area contributed by atoms with Crippen LogP contribution < -0.4 is 21.3 Å². The first-order chi connectivity index (χ1) is 24.0. The summed E-state index contributed by atoms with van der Waals surface area (Å²) in [5, 5.41) is 9.66. The number of sulfone groups is 1. The van der Waals surface area contributed by atoms with Gasteiger partial charge in [0, 0.05) is 31.5 Å². The maximum atomic E-state index is 13.4. The summed E-state index contributed by atoms with van der Waals surface area (Å²) in [7, 11) is -3.53. The van der Waals surface area contributed by atoms with Crippen molar-refractivity contribution in [2.75, 3.05) is 45.8 Å². The number of aromatic nitrogens is 2. The number of hydrogen-bond donors (Lipinski definition) is 4. The number of unbranched alkanes of at least 4 members (excludes halogenated alkanes) is 2. The molecule has 288 valence electrons. The molecule has 18 heteroatoms. The summed E-state index contributed by atoms with van der Waals surface area (Å²) in [4.78, 5) is 61.2. The molecule has 0 aromatic carbocycles. The van der Waals surface area contributed by atoms with Crippen molar-refractivity contribution in [1.82, 2.24) is 36.1 Å². The second kappa shape index (κ2) is 23.6. The van der Waals surface area contributed by atoms with E-state index in [2.05, 4.69) is 66.6 Å². The molecule has 0 spiro atoms. The van der Waals surface area contributed by atoms with Crippen LogP contribution in [0.4, 0.5) is 13.2 Å². The molecule has 2 atom stereocenters. The molecule has 0 radical (unpaired) electrons. The van der Waals surface area contributed by atoms with Crippen LogP contribution in [0.2, 0.25) is 0 Å². The molecule has 0 fully saturated rings. The highest BCUT2D eigenvalue weighted by molar-refractivity contribution is 7.90. The highest BCUT2D eigenvalue weighted by Gasteiger charge is 2.29. The lowest BCUT2D eigenvalue weighted by atomic mass is 10.0. The van der Waals surface area contributed by atoms with Crippen molar-refractivity contribution in [1.29, 1.82) is 0 Å². The topological polar surface area (TPSA) is 189 Å². The van der Waals surface area contributed by atoms with Gasteiger partial charge in [-0.2, -0.15) is 13.2 Å². The first-order valence-electron chi connectivity index (χ1n) is 17.0. The first kappa shape index (κ1) is 45.2. The van der Waals surface area contributed by atoms with Gasteiger partial charge in [-0.05, 0) is 64.1 Å². The minimum Gasteiger partial charge on any atom is -0.352 e. The fraction of sp³-hybridized carbons (Fsp3) is 0.697. The zero-order valence-corrected chi connectivity index (χ0v) is 30.8. The summed E-state index contributed by atoms with van der Waals surface area (Å²) in [5.41, 5.74) is 0.414. The fourth-order valence-corrected chi connectivity index (χ4v) is 5.18. The summed E-state index contributed by atoms with van der Waals surface area (Å²) in [6, 6.07) is -2.01. The third kappa shape index (κ3) is 20.6. The Morgan fingerprint density at radius 3 is 2.14 bits per heavy atom. The number of halogens is 3. The van der Waals surface area contributed by atoms with E-state index in [-0.39, 0.29) is 23.9 Å². The lowest BCUT2D eigenvalue weighted by Crippen LogP contribution is -2.56. The molecule has 1 aromatic rings. The molecule has 0 aliphatic heterocycles. The molecule has 0 unspecified atom stereocenters. The Bertz CT molecular complexity index is 1410. The summed E-state index contributed by atoms with van der Waals surface area (Å²) in [6.45, 7) is 7.57. The van der Waals surface area contributed by atoms with E-state index in [0.29, 0.717) is 24.8 Å². The molecule has 0 saturated heterocycles. The number of carbonyl (C=O) groups is 4. The zero-order valence-electron chi connectivity index (χ0n) is 30.0. The van der Waals surface area contributed by atoms with E-state index < -0.39 is 71.6 Å². The minimum atomic E-state index is -4.55. The average Bonchev–Trinajstić information content (AvgIpc) is 3.05. The van der Waals surface area contributed by atoms with Crippen LogP contribution in [0.15, 0.2) is 17.6 Å². The molecule has 1 rings (SSSR count). The summed E-state index contributed by atoms with van der Waals surface area (Å²) < 4.78 is 64.1. The van der Waals surface area contributed by atoms with Gasteiger partial charge in [-0.1, -0.05) is 39.5 Å². The summed E-state index contributed by atoms with van der Waals surface area (Å²) in [6.07, 6.45) is 3.38. The highest BCUT2D eigenvalue weighted by Crippen LogP contribution is 2.14. The fourth-order valence-electron chi connectivity index (χ4n) is 4.69. The van der Waals surface area contributed by atoms with Gasteiger partial charge in [0.1, 0.15) is 25.4 Å². The molecule has 51 heavy (non-hydrogen) atoms. The molecule has 0 aliphatic carbocycles. The van der Waals surface area contributed by atoms with Crippen LogP contribution in [0.1, 0.15) is 84.6 Å². The SMILES string of the molecule is CCCN(CCC)CCCC[C@H](NC(=O)[C@@H](NC(=O)CCCC#Cc1cnc(S(C)(=O)=O)nc1)C(C)C)C(=O)NCC(=O)NCOCC(F)(F)F. The van der Waals surface area contributed by atoms with Crippen molar-refractivity contribution in [3.05, 3.63) is 18.0 Å². The third-order valence-corrected chi connectivity index (χ3v) is 8.03. The Balaban J connectivity index is 2.79. The van der Waals surface area contributed by atoms with Crippen molar-refractivity contribution in [3.8, 4) is 11.8 Å². The standard InChI is InChI=1S/C33H52F3N7O7S/c1-6-16-43(17-7-2)18-12-11-14-26(30(46)37-21-28(45)40-23-50-22-33(34,35)36)41-31(47)29(24(3)4)42-27(44)15-10-8-9-13-25-19-38-32(39-20-25)51(5,48)49/h19-20,24,26,29H,6-8,10-12,14-18,21-23H2,1-5H3,(H,37,46)(H,40,45)(H,41,47)(H,42,44)/t26-,29-/m0/s1. The molecule has 0 bridgehead atoms. The Labute approximate surface area is 298 Å². The predicted octanol–water partition coefficient (Wildman–Crippen LogP) is 2.09. The van der Waals surface area contributed by atoms with Crippen LogP contribution in [-0.4, -0.2) is 111 Å². The van der Waals surface area contributed by atoms with E-state index in [0.717, 1.165) is 45.2 Å². The maximum Gasteiger partial charge on any atom is 0.411 e. The minimum absolute atomic E-state index is 0.0619. The van der Waals surface area contributed by atoms with Crippen molar-refractivity contribution < 1.29 is 45.5 Å². The van der Waals surface area contributed by atoms with Crippen molar-refractivity contribution in [2.45, 2.75) is 102 Å². The van der Waals surface area contributed by atoms with E-state index in [1.807, 2.05) is 0 Å². The van der Waals surface area contributed by atoms with Crippen LogP contribution in [0.3, 0.4) is 0 Å². The Morgan fingerprint density at radius 2 is 1.57 bits per heavy atom. The average molecular weight is 748 g/mol. The highest BCUT2D eigenvalue weighted by atomic mass is 32.2. The van der Waals surface area contributed by atoms with Crippen LogP contribution >= 0.6 is 0 Å². The summed E-state index contributed by atoms with van der Waals surface area (Å²) in [5.74, 6) is 2.92. The predicted molar refractivity (Wildman–Crippen MR) is 183 cm³/mol. The van der Waals surface area contributed by atoms with Gasteiger partial charge in [-0.25, -0.2) is 18.4 Å². The van der Waals surface area contributed by atoms with E-state index >= 15 is 0 Å². The number of ether oxygens (including phenoxy) is 1. The Kier molecular flexibility index (Phi) is 20.9. The molecule has 0 aliphatic rings. The third-order valence-electron chi connectivity index (χ3n) is 7.15. The van der Waals surface area contributed by atoms with E-state index in [4.69, 9.17) is 0 Å².